The Morgan fingerprint density at radius 3 is 2.57 bits per heavy atom. The lowest BCUT2D eigenvalue weighted by Gasteiger charge is -2.29. The zero-order chi connectivity index (χ0) is 15.2. The van der Waals surface area contributed by atoms with Crippen molar-refractivity contribution in [3.63, 3.8) is 0 Å². The molecule has 0 heterocycles. The molecule has 0 bridgehead atoms. The summed E-state index contributed by atoms with van der Waals surface area (Å²) in [6.07, 6.45) is 6.09. The van der Waals surface area contributed by atoms with Crippen molar-refractivity contribution in [2.75, 3.05) is 0 Å². The van der Waals surface area contributed by atoms with E-state index in [2.05, 4.69) is 20.8 Å². The SMILES string of the molecule is CCCc1ccc(C(=O)OO[C]2CCC(C)CC2C)cc1. The number of aryl methyl sites for hydroxylation is 1. The maximum Gasteiger partial charge on any atom is 0.373 e. The fraction of sp³-hybridized carbons (Fsp3) is 0.556. The third kappa shape index (κ3) is 4.57. The number of rotatable bonds is 5. The van der Waals surface area contributed by atoms with Crippen molar-refractivity contribution in [2.45, 2.75) is 52.9 Å². The highest BCUT2D eigenvalue weighted by Gasteiger charge is 2.29. The highest BCUT2D eigenvalue weighted by Crippen LogP contribution is 2.35. The van der Waals surface area contributed by atoms with E-state index < -0.39 is 5.97 Å². The van der Waals surface area contributed by atoms with Gasteiger partial charge in [0, 0.05) is 0 Å². The second-order valence-corrected chi connectivity index (χ2v) is 6.15. The van der Waals surface area contributed by atoms with Crippen molar-refractivity contribution < 1.29 is 14.6 Å². The van der Waals surface area contributed by atoms with Crippen LogP contribution in [0.1, 0.15) is 62.4 Å². The number of hydrogen-bond donors (Lipinski definition) is 0. The Balaban J connectivity index is 1.84. The summed E-state index contributed by atoms with van der Waals surface area (Å²) in [5, 5.41) is 0. The Bertz CT molecular complexity index is 452. The molecule has 2 unspecified atom stereocenters. The largest absolute Gasteiger partial charge is 0.373 e. The van der Waals surface area contributed by atoms with E-state index in [0.717, 1.165) is 38.2 Å². The average Bonchev–Trinajstić information content (AvgIpc) is 2.47. The van der Waals surface area contributed by atoms with Gasteiger partial charge < -0.3 is 0 Å². The van der Waals surface area contributed by atoms with Crippen molar-refractivity contribution in [2.24, 2.45) is 11.8 Å². The number of benzene rings is 1. The maximum atomic E-state index is 12.0. The van der Waals surface area contributed by atoms with E-state index in [1.165, 1.54) is 5.56 Å². The molecule has 1 aromatic carbocycles. The first kappa shape index (κ1) is 16.0. The van der Waals surface area contributed by atoms with Crippen molar-refractivity contribution >= 4 is 5.97 Å². The summed E-state index contributed by atoms with van der Waals surface area (Å²) in [6.45, 7) is 6.51. The summed E-state index contributed by atoms with van der Waals surface area (Å²) in [7, 11) is 0. The van der Waals surface area contributed by atoms with Crippen LogP contribution in [0.3, 0.4) is 0 Å². The Hall–Kier alpha value is -1.35. The van der Waals surface area contributed by atoms with Crippen LogP contribution >= 0.6 is 0 Å². The Morgan fingerprint density at radius 2 is 1.95 bits per heavy atom. The van der Waals surface area contributed by atoms with Gasteiger partial charge in [-0.1, -0.05) is 39.3 Å². The van der Waals surface area contributed by atoms with Gasteiger partial charge in [0.1, 0.15) is 0 Å². The highest BCUT2D eigenvalue weighted by atomic mass is 17.2. The third-order valence-corrected chi connectivity index (χ3v) is 4.14. The van der Waals surface area contributed by atoms with Gasteiger partial charge in [-0.25, -0.2) is 4.79 Å². The molecular weight excluding hydrogens is 264 g/mol. The normalized spacial score (nSPS) is 23.0. The van der Waals surface area contributed by atoms with E-state index in [1.807, 2.05) is 12.1 Å². The van der Waals surface area contributed by atoms with E-state index in [9.17, 15) is 4.79 Å². The molecular formula is C18H25O3. The van der Waals surface area contributed by atoms with Gasteiger partial charge in [-0.2, -0.15) is 4.89 Å². The lowest BCUT2D eigenvalue weighted by molar-refractivity contribution is -0.247. The van der Waals surface area contributed by atoms with E-state index in [-0.39, 0.29) is 0 Å². The molecule has 21 heavy (non-hydrogen) atoms. The van der Waals surface area contributed by atoms with Crippen LogP contribution in [0.2, 0.25) is 0 Å². The molecule has 1 aliphatic carbocycles. The van der Waals surface area contributed by atoms with Crippen LogP contribution in [0.4, 0.5) is 0 Å². The first-order valence-corrected chi connectivity index (χ1v) is 7.93. The molecule has 2 rings (SSSR count). The molecule has 0 aromatic heterocycles. The lowest BCUT2D eigenvalue weighted by atomic mass is 9.81. The lowest BCUT2D eigenvalue weighted by Crippen LogP contribution is -2.23. The number of hydrogen-bond acceptors (Lipinski definition) is 3. The zero-order valence-corrected chi connectivity index (χ0v) is 13.2. The van der Waals surface area contributed by atoms with Gasteiger partial charge >= 0.3 is 5.97 Å². The molecule has 0 spiro atoms. The van der Waals surface area contributed by atoms with Crippen molar-refractivity contribution in [3.8, 4) is 0 Å². The first-order valence-electron chi connectivity index (χ1n) is 7.93. The van der Waals surface area contributed by atoms with Gasteiger partial charge in [0.05, 0.1) is 5.56 Å². The fourth-order valence-corrected chi connectivity index (χ4v) is 2.85. The Kier molecular flexibility index (Phi) is 5.80. The molecule has 1 saturated carbocycles. The molecule has 115 valence electrons. The van der Waals surface area contributed by atoms with Crippen molar-refractivity contribution in [1.29, 1.82) is 0 Å². The molecule has 0 N–H and O–H groups in total. The summed E-state index contributed by atoms with van der Waals surface area (Å²) in [4.78, 5) is 22.3. The maximum absolute atomic E-state index is 12.0. The summed E-state index contributed by atoms with van der Waals surface area (Å²) in [6, 6.07) is 7.54. The van der Waals surface area contributed by atoms with Gasteiger partial charge in [-0.15, -0.1) is 0 Å². The van der Waals surface area contributed by atoms with Crippen molar-refractivity contribution in [1.82, 2.24) is 0 Å². The number of carbonyl (C=O) groups excluding carboxylic acids is 1. The van der Waals surface area contributed by atoms with Crippen LogP contribution in [0.15, 0.2) is 24.3 Å². The topological polar surface area (TPSA) is 35.5 Å². The predicted octanol–water partition coefficient (Wildman–Crippen LogP) is 4.72. The fourth-order valence-electron chi connectivity index (χ4n) is 2.85. The molecule has 3 nitrogen and oxygen atoms in total. The second-order valence-electron chi connectivity index (χ2n) is 6.15. The molecule has 1 radical (unpaired) electrons. The minimum atomic E-state index is -0.420. The molecule has 3 heteroatoms. The quantitative estimate of drug-likeness (QED) is 0.581. The molecule has 1 aliphatic rings. The van der Waals surface area contributed by atoms with E-state index in [4.69, 9.17) is 9.78 Å². The van der Waals surface area contributed by atoms with Gasteiger partial charge in [0.15, 0.2) is 6.10 Å². The Labute approximate surface area is 127 Å². The molecule has 2 atom stereocenters. The van der Waals surface area contributed by atoms with Crippen LogP contribution < -0.4 is 0 Å². The minimum Gasteiger partial charge on any atom is -0.292 e. The first-order chi connectivity index (χ1) is 10.1. The van der Waals surface area contributed by atoms with Crippen molar-refractivity contribution in [3.05, 3.63) is 41.5 Å². The highest BCUT2D eigenvalue weighted by molar-refractivity contribution is 5.88. The minimum absolute atomic E-state index is 0.355. The summed E-state index contributed by atoms with van der Waals surface area (Å²) in [5.74, 6) is 0.652. The van der Waals surface area contributed by atoms with E-state index >= 15 is 0 Å². The summed E-state index contributed by atoms with van der Waals surface area (Å²) in [5.41, 5.74) is 1.77. The van der Waals surface area contributed by atoms with Crippen LogP contribution in [-0.2, 0) is 16.2 Å². The molecule has 1 aromatic rings. The smallest absolute Gasteiger partial charge is 0.292 e. The van der Waals surface area contributed by atoms with E-state index in [0.29, 0.717) is 17.4 Å². The van der Waals surface area contributed by atoms with Gasteiger partial charge in [-0.05, 0) is 55.2 Å². The van der Waals surface area contributed by atoms with Crippen LogP contribution in [0.25, 0.3) is 0 Å². The molecule has 1 fully saturated rings. The molecule has 0 aliphatic heterocycles. The monoisotopic (exact) mass is 289 g/mol. The summed E-state index contributed by atoms with van der Waals surface area (Å²) < 4.78 is 0. The zero-order valence-electron chi connectivity index (χ0n) is 13.2. The van der Waals surface area contributed by atoms with Gasteiger partial charge in [-0.3, -0.25) is 4.89 Å². The summed E-state index contributed by atoms with van der Waals surface area (Å²) >= 11 is 0. The van der Waals surface area contributed by atoms with Gasteiger partial charge in [0.2, 0.25) is 0 Å². The third-order valence-electron chi connectivity index (χ3n) is 4.14. The predicted molar refractivity (Wildman–Crippen MR) is 82.4 cm³/mol. The standard InChI is InChI=1S/C18H25O3/c1-4-5-15-7-9-16(10-8-15)18(19)21-20-17-11-6-13(2)12-14(17)3/h7-10,13-14H,4-6,11-12H2,1-3H3. The molecule has 0 saturated heterocycles. The van der Waals surface area contributed by atoms with Crippen LogP contribution in [0.5, 0.6) is 0 Å². The number of carbonyl (C=O) groups is 1. The van der Waals surface area contributed by atoms with Crippen LogP contribution in [0, 0.1) is 17.9 Å². The van der Waals surface area contributed by atoms with E-state index in [1.54, 1.807) is 12.1 Å². The Morgan fingerprint density at radius 1 is 1.24 bits per heavy atom. The molecule has 0 amide bonds. The second kappa shape index (κ2) is 7.60. The van der Waals surface area contributed by atoms with Crippen LogP contribution in [-0.4, -0.2) is 5.97 Å². The average molecular weight is 289 g/mol. The van der Waals surface area contributed by atoms with Gasteiger partial charge in [0.25, 0.3) is 0 Å².